The lowest BCUT2D eigenvalue weighted by Crippen LogP contribution is -2.02. The molecule has 8 nitrogen and oxygen atoms in total. The molecular formula is C62H50N4O4S. The zero-order valence-corrected chi connectivity index (χ0v) is 40.5. The number of hydrogen-bond donors (Lipinski definition) is 2. The summed E-state index contributed by atoms with van der Waals surface area (Å²) in [5.41, 5.74) is 32.3. The number of anilines is 2. The molecule has 0 atom stereocenters. The Labute approximate surface area is 418 Å². The number of nitrogens with two attached hydrogens (primary N) is 2. The lowest BCUT2D eigenvalue weighted by atomic mass is 9.84. The average molecular weight is 947 g/mol. The minimum atomic E-state index is 0.444. The van der Waals surface area contributed by atoms with Crippen molar-refractivity contribution in [3.8, 4) is 45.3 Å². The van der Waals surface area contributed by atoms with Gasteiger partial charge < -0.3 is 30.4 Å². The van der Waals surface area contributed by atoms with Gasteiger partial charge in [0, 0.05) is 11.1 Å². The number of benzene rings is 9. The predicted octanol–water partition coefficient (Wildman–Crippen LogP) is 14.2. The lowest BCUT2D eigenvalue weighted by molar-refractivity contribution is 0.414. The van der Waals surface area contributed by atoms with Gasteiger partial charge in [-0.1, -0.05) is 158 Å². The van der Waals surface area contributed by atoms with E-state index in [2.05, 4.69) is 146 Å². The fourth-order valence-electron chi connectivity index (χ4n) is 9.29. The van der Waals surface area contributed by atoms with E-state index in [0.717, 1.165) is 124 Å². The van der Waals surface area contributed by atoms with Gasteiger partial charge in [0.15, 0.2) is 0 Å². The smallest absolute Gasteiger partial charge is 0.118 e. The molecule has 9 aromatic carbocycles. The molecule has 0 saturated carbocycles. The third kappa shape index (κ3) is 9.10. The Kier molecular flexibility index (Phi) is 13.1. The molecular weight excluding hydrogens is 897 g/mol. The van der Waals surface area contributed by atoms with E-state index in [4.69, 9.17) is 39.2 Å². The van der Waals surface area contributed by atoms with E-state index >= 15 is 0 Å². The van der Waals surface area contributed by atoms with Crippen molar-refractivity contribution in [2.75, 3.05) is 39.9 Å². The van der Waals surface area contributed by atoms with E-state index in [1.165, 1.54) is 0 Å². The average Bonchev–Trinajstić information content (AvgIpc) is 3.92. The van der Waals surface area contributed by atoms with E-state index in [0.29, 0.717) is 22.4 Å². The van der Waals surface area contributed by atoms with Crippen molar-refractivity contribution in [1.82, 2.24) is 8.75 Å². The van der Waals surface area contributed by atoms with Crippen LogP contribution in [0.3, 0.4) is 0 Å². The molecule has 348 valence electrons. The van der Waals surface area contributed by atoms with Crippen LogP contribution in [0.25, 0.3) is 55.6 Å². The maximum Gasteiger partial charge on any atom is 0.118 e. The molecule has 10 rings (SSSR count). The number of hydrogen-bond acceptors (Lipinski definition) is 9. The van der Waals surface area contributed by atoms with Gasteiger partial charge in [0.1, 0.15) is 34.0 Å². The Hall–Kier alpha value is -8.92. The highest BCUT2D eigenvalue weighted by Crippen LogP contribution is 2.47. The third-order valence-corrected chi connectivity index (χ3v) is 13.4. The first-order valence-corrected chi connectivity index (χ1v) is 23.8. The summed E-state index contributed by atoms with van der Waals surface area (Å²) in [6, 6.07) is 70.6. The Balaban J connectivity index is 1.08. The van der Waals surface area contributed by atoms with Gasteiger partial charge in [-0.2, -0.15) is 8.75 Å². The molecule has 9 heteroatoms. The fourth-order valence-corrected chi connectivity index (χ4v) is 9.85. The number of methoxy groups -OCH3 is 4. The van der Waals surface area contributed by atoms with Gasteiger partial charge in [0.2, 0.25) is 0 Å². The van der Waals surface area contributed by atoms with Crippen molar-refractivity contribution in [3.63, 3.8) is 0 Å². The van der Waals surface area contributed by atoms with Crippen LogP contribution in [0, 0.1) is 0 Å². The van der Waals surface area contributed by atoms with Gasteiger partial charge in [0.05, 0.1) is 51.5 Å². The summed E-state index contributed by atoms with van der Waals surface area (Å²) in [6.07, 6.45) is 0. The van der Waals surface area contributed by atoms with Crippen molar-refractivity contribution in [2.45, 2.75) is 0 Å². The quantitative estimate of drug-likeness (QED) is 0.0818. The second-order valence-corrected chi connectivity index (χ2v) is 17.4. The van der Waals surface area contributed by atoms with Crippen molar-refractivity contribution in [2.24, 2.45) is 0 Å². The largest absolute Gasteiger partial charge is 0.497 e. The SMILES string of the molecule is COc1ccc(C(=C(c2ccccc2)c2ccc(-c3c(N)c(N)c(-c4ccc(C(=C(c5ccc(OC)cc5)c5ccc(OC)cc5)c5ccccc5)cc4)c4nsnc34)cc2)c2ccc(OC)cc2)cc1. The number of ether oxygens (including phenoxy) is 4. The van der Waals surface area contributed by atoms with Crippen LogP contribution in [-0.4, -0.2) is 37.2 Å². The Morgan fingerprint density at radius 3 is 0.775 bits per heavy atom. The molecule has 1 heterocycles. The van der Waals surface area contributed by atoms with E-state index in [1.54, 1.807) is 28.4 Å². The number of rotatable bonds is 14. The predicted molar refractivity (Wildman–Crippen MR) is 292 cm³/mol. The summed E-state index contributed by atoms with van der Waals surface area (Å²) in [5, 5.41) is 0. The van der Waals surface area contributed by atoms with E-state index in [1.807, 2.05) is 60.7 Å². The fraction of sp³-hybridized carbons (Fsp3) is 0.0645. The van der Waals surface area contributed by atoms with Crippen molar-refractivity contribution >= 4 is 56.4 Å². The normalized spacial score (nSPS) is 10.9. The molecule has 0 aliphatic heterocycles. The van der Waals surface area contributed by atoms with E-state index in [-0.39, 0.29) is 0 Å². The highest BCUT2D eigenvalue weighted by Gasteiger charge is 2.24. The molecule has 0 unspecified atom stereocenters. The molecule has 0 bridgehead atoms. The summed E-state index contributed by atoms with van der Waals surface area (Å²) < 4.78 is 31.9. The molecule has 0 amide bonds. The Bertz CT molecular complexity index is 3180. The first kappa shape index (κ1) is 45.8. The van der Waals surface area contributed by atoms with E-state index < -0.39 is 0 Å². The maximum atomic E-state index is 7.14. The van der Waals surface area contributed by atoms with Crippen LogP contribution in [0.2, 0.25) is 0 Å². The monoisotopic (exact) mass is 946 g/mol. The summed E-state index contributed by atoms with van der Waals surface area (Å²) in [5.74, 6) is 3.13. The number of nitrogens with zero attached hydrogens (tertiary/aromatic N) is 2. The van der Waals surface area contributed by atoms with Gasteiger partial charge >= 0.3 is 0 Å². The molecule has 0 fully saturated rings. The van der Waals surface area contributed by atoms with Crippen LogP contribution in [0.5, 0.6) is 23.0 Å². The molecule has 0 saturated heterocycles. The van der Waals surface area contributed by atoms with Crippen LogP contribution in [0.15, 0.2) is 206 Å². The summed E-state index contributed by atoms with van der Waals surface area (Å²) in [4.78, 5) is 0. The van der Waals surface area contributed by atoms with Crippen LogP contribution in [0.1, 0.15) is 44.5 Å². The molecule has 10 aromatic rings. The minimum Gasteiger partial charge on any atom is -0.497 e. The zero-order chi connectivity index (χ0) is 48.8. The second kappa shape index (κ2) is 20.4. The molecule has 0 spiro atoms. The van der Waals surface area contributed by atoms with E-state index in [9.17, 15) is 0 Å². The molecule has 71 heavy (non-hydrogen) atoms. The second-order valence-electron chi connectivity index (χ2n) is 16.8. The first-order chi connectivity index (χ1) is 34.9. The first-order valence-electron chi connectivity index (χ1n) is 23.1. The third-order valence-electron chi connectivity index (χ3n) is 12.9. The van der Waals surface area contributed by atoms with Gasteiger partial charge in [-0.3, -0.25) is 0 Å². The Morgan fingerprint density at radius 1 is 0.310 bits per heavy atom. The summed E-state index contributed by atoms with van der Waals surface area (Å²) in [6.45, 7) is 0. The topological polar surface area (TPSA) is 115 Å². The molecule has 1 aromatic heterocycles. The van der Waals surface area contributed by atoms with Crippen molar-refractivity contribution < 1.29 is 18.9 Å². The maximum absolute atomic E-state index is 7.14. The zero-order valence-electron chi connectivity index (χ0n) is 39.7. The molecule has 0 radical (unpaired) electrons. The highest BCUT2D eigenvalue weighted by molar-refractivity contribution is 7.00. The van der Waals surface area contributed by atoms with Crippen LogP contribution >= 0.6 is 11.7 Å². The van der Waals surface area contributed by atoms with Gasteiger partial charge in [-0.25, -0.2) is 0 Å². The summed E-state index contributed by atoms with van der Waals surface area (Å²) >= 11 is 1.15. The molecule has 0 aliphatic carbocycles. The van der Waals surface area contributed by atoms with Crippen LogP contribution in [-0.2, 0) is 0 Å². The van der Waals surface area contributed by atoms with Gasteiger partial charge in [0.25, 0.3) is 0 Å². The summed E-state index contributed by atoms with van der Waals surface area (Å²) in [7, 11) is 6.72. The van der Waals surface area contributed by atoms with Gasteiger partial charge in [-0.05, 0) is 126 Å². The number of nitrogen functional groups attached to an aromatic ring is 2. The van der Waals surface area contributed by atoms with Crippen molar-refractivity contribution in [3.05, 3.63) is 251 Å². The highest BCUT2D eigenvalue weighted by atomic mass is 32.1. The standard InChI is InChI=1S/C62H50N4O4S/c1-67-49-31-23-43(24-32-49)55(44-25-33-50(68-2)34-26-44)53(39-11-7-5-8-12-39)41-15-19-47(20-16-41)57-59(63)60(64)58(62-61(57)65-71-66-62)48-21-17-42(18-22-48)54(40-13-9-6-10-14-40)56(45-27-35-51(69-3)36-28-45)46-29-37-52(70-4)38-30-46/h5-38H,63-64H2,1-4H3. The minimum absolute atomic E-state index is 0.444. The van der Waals surface area contributed by atoms with Crippen molar-refractivity contribution in [1.29, 1.82) is 0 Å². The molecule has 4 N–H and O–H groups in total. The molecule has 0 aliphatic rings. The lowest BCUT2D eigenvalue weighted by Gasteiger charge is -2.20. The van der Waals surface area contributed by atoms with Gasteiger partial charge in [-0.15, -0.1) is 0 Å². The van der Waals surface area contributed by atoms with Crippen LogP contribution in [0.4, 0.5) is 11.4 Å². The van der Waals surface area contributed by atoms with Crippen LogP contribution < -0.4 is 30.4 Å². The number of fused-ring (bicyclic) bond motifs is 1. The number of aromatic nitrogens is 2. The Morgan fingerprint density at radius 2 is 0.535 bits per heavy atom.